The van der Waals surface area contributed by atoms with E-state index in [2.05, 4.69) is 34.2 Å². The third-order valence-corrected chi connectivity index (χ3v) is 4.41. The first kappa shape index (κ1) is 21.2. The van der Waals surface area contributed by atoms with Crippen molar-refractivity contribution >= 4 is 17.7 Å². The maximum absolute atomic E-state index is 12.3. The number of aryl methyl sites for hydroxylation is 3. The standard InChI is InChI=1S/C22H25N5O3/c1-13(2)17-6-8-18(9-7-17)21(29)30-12-20(28)25-19-11-16(5)26-27(19)22-23-14(3)10-15(4)24-22/h6-11,13H,12H2,1-5H3,(H,25,28). The topological polar surface area (TPSA) is 99.0 Å². The van der Waals surface area contributed by atoms with Gasteiger partial charge in [-0.1, -0.05) is 26.0 Å². The van der Waals surface area contributed by atoms with Gasteiger partial charge in [-0.25, -0.2) is 14.8 Å². The van der Waals surface area contributed by atoms with Gasteiger partial charge in [0.25, 0.3) is 11.9 Å². The summed E-state index contributed by atoms with van der Waals surface area (Å²) in [4.78, 5) is 33.3. The first-order valence-corrected chi connectivity index (χ1v) is 9.69. The molecular weight excluding hydrogens is 382 g/mol. The molecule has 8 heteroatoms. The second kappa shape index (κ2) is 8.86. The number of hydrogen-bond acceptors (Lipinski definition) is 6. The Kier molecular flexibility index (Phi) is 6.25. The average Bonchev–Trinajstić information content (AvgIpc) is 3.05. The lowest BCUT2D eigenvalue weighted by Crippen LogP contribution is -2.22. The number of benzene rings is 1. The molecule has 8 nitrogen and oxygen atoms in total. The van der Waals surface area contributed by atoms with Crippen LogP contribution in [0.15, 0.2) is 36.4 Å². The maximum Gasteiger partial charge on any atom is 0.338 e. The molecule has 2 aromatic heterocycles. The molecule has 0 aliphatic heterocycles. The molecule has 0 saturated carbocycles. The number of carbonyl (C=O) groups excluding carboxylic acids is 2. The number of nitrogens with zero attached hydrogens (tertiary/aromatic N) is 4. The Labute approximate surface area is 175 Å². The van der Waals surface area contributed by atoms with Crippen LogP contribution in [0.5, 0.6) is 0 Å². The van der Waals surface area contributed by atoms with Gasteiger partial charge in [0.2, 0.25) is 0 Å². The number of rotatable bonds is 6. The van der Waals surface area contributed by atoms with Gasteiger partial charge in [-0.15, -0.1) is 0 Å². The summed E-state index contributed by atoms with van der Waals surface area (Å²) in [6.07, 6.45) is 0. The maximum atomic E-state index is 12.3. The van der Waals surface area contributed by atoms with Crippen LogP contribution in [0.4, 0.5) is 5.82 Å². The second-order valence-electron chi connectivity index (χ2n) is 7.43. The fourth-order valence-corrected chi connectivity index (χ4v) is 2.94. The lowest BCUT2D eigenvalue weighted by molar-refractivity contribution is -0.119. The summed E-state index contributed by atoms with van der Waals surface area (Å²) in [5.41, 5.74) is 3.80. The fourth-order valence-electron chi connectivity index (χ4n) is 2.94. The summed E-state index contributed by atoms with van der Waals surface area (Å²) in [5.74, 6) is 0.101. The zero-order valence-electron chi connectivity index (χ0n) is 17.8. The van der Waals surface area contributed by atoms with Gasteiger partial charge in [0.15, 0.2) is 6.61 Å². The van der Waals surface area contributed by atoms with Crippen LogP contribution in [0.3, 0.4) is 0 Å². The van der Waals surface area contributed by atoms with E-state index < -0.39 is 18.5 Å². The van der Waals surface area contributed by atoms with Crippen LogP contribution < -0.4 is 5.32 Å². The van der Waals surface area contributed by atoms with Gasteiger partial charge in [0.05, 0.1) is 11.3 Å². The van der Waals surface area contributed by atoms with Crippen molar-refractivity contribution in [2.45, 2.75) is 40.5 Å². The highest BCUT2D eigenvalue weighted by atomic mass is 16.5. The highest BCUT2D eigenvalue weighted by molar-refractivity contribution is 5.95. The Morgan fingerprint density at radius 1 is 1.00 bits per heavy atom. The molecule has 0 atom stereocenters. The number of amides is 1. The quantitative estimate of drug-likeness (QED) is 0.628. The molecule has 0 fully saturated rings. The number of carbonyl (C=O) groups is 2. The third kappa shape index (κ3) is 5.08. The van der Waals surface area contributed by atoms with Crippen molar-refractivity contribution in [3.8, 4) is 5.95 Å². The van der Waals surface area contributed by atoms with Crippen LogP contribution in [-0.2, 0) is 9.53 Å². The summed E-state index contributed by atoms with van der Waals surface area (Å²) in [6.45, 7) is 9.26. The number of ether oxygens (including phenoxy) is 1. The van der Waals surface area contributed by atoms with Gasteiger partial charge in [-0.05, 0) is 50.5 Å². The minimum absolute atomic E-state index is 0.359. The predicted octanol–water partition coefficient (Wildman–Crippen LogP) is 3.51. The van der Waals surface area contributed by atoms with Crippen molar-refractivity contribution in [1.29, 1.82) is 0 Å². The normalized spacial score (nSPS) is 10.9. The van der Waals surface area contributed by atoms with Crippen LogP contribution in [0.2, 0.25) is 0 Å². The van der Waals surface area contributed by atoms with Gasteiger partial charge in [-0.2, -0.15) is 9.78 Å². The first-order valence-electron chi connectivity index (χ1n) is 9.69. The Morgan fingerprint density at radius 2 is 1.63 bits per heavy atom. The molecular formula is C22H25N5O3. The molecule has 30 heavy (non-hydrogen) atoms. The van der Waals surface area contributed by atoms with Crippen molar-refractivity contribution < 1.29 is 14.3 Å². The number of hydrogen-bond donors (Lipinski definition) is 1. The Morgan fingerprint density at radius 3 is 2.23 bits per heavy atom. The third-order valence-electron chi connectivity index (χ3n) is 4.41. The molecule has 3 aromatic rings. The van der Waals surface area contributed by atoms with E-state index in [1.165, 1.54) is 4.68 Å². The minimum Gasteiger partial charge on any atom is -0.452 e. The molecule has 1 amide bonds. The molecule has 0 spiro atoms. The Hall–Kier alpha value is -3.55. The lowest BCUT2D eigenvalue weighted by atomic mass is 10.0. The molecule has 0 bridgehead atoms. The molecule has 2 heterocycles. The van der Waals surface area contributed by atoms with Crippen molar-refractivity contribution in [2.75, 3.05) is 11.9 Å². The molecule has 0 unspecified atom stereocenters. The van der Waals surface area contributed by atoms with Crippen molar-refractivity contribution in [3.63, 3.8) is 0 Å². The molecule has 0 saturated heterocycles. The predicted molar refractivity (Wildman–Crippen MR) is 113 cm³/mol. The van der Waals surface area contributed by atoms with E-state index in [1.807, 2.05) is 32.0 Å². The highest BCUT2D eigenvalue weighted by Crippen LogP contribution is 2.16. The smallest absolute Gasteiger partial charge is 0.338 e. The van der Waals surface area contributed by atoms with Gasteiger partial charge in [-0.3, -0.25) is 4.79 Å². The van der Waals surface area contributed by atoms with Gasteiger partial charge in [0, 0.05) is 17.5 Å². The lowest BCUT2D eigenvalue weighted by Gasteiger charge is -2.10. The molecule has 0 aliphatic carbocycles. The second-order valence-corrected chi connectivity index (χ2v) is 7.43. The number of nitrogens with one attached hydrogen (secondary N) is 1. The monoisotopic (exact) mass is 407 g/mol. The molecule has 1 aromatic carbocycles. The van der Waals surface area contributed by atoms with E-state index in [0.29, 0.717) is 28.9 Å². The van der Waals surface area contributed by atoms with Crippen LogP contribution in [-0.4, -0.2) is 38.2 Å². The molecule has 3 rings (SSSR count). The highest BCUT2D eigenvalue weighted by Gasteiger charge is 2.16. The molecule has 0 aliphatic rings. The zero-order valence-corrected chi connectivity index (χ0v) is 17.8. The average molecular weight is 407 g/mol. The van der Waals surface area contributed by atoms with E-state index in [9.17, 15) is 9.59 Å². The first-order chi connectivity index (χ1) is 14.2. The number of esters is 1. The molecule has 0 radical (unpaired) electrons. The minimum atomic E-state index is -0.553. The summed E-state index contributed by atoms with van der Waals surface area (Å²) in [6, 6.07) is 10.7. The van der Waals surface area contributed by atoms with Crippen molar-refractivity contribution in [3.05, 3.63) is 64.6 Å². The van der Waals surface area contributed by atoms with E-state index in [-0.39, 0.29) is 0 Å². The summed E-state index contributed by atoms with van der Waals surface area (Å²) < 4.78 is 6.60. The van der Waals surface area contributed by atoms with E-state index in [1.54, 1.807) is 25.1 Å². The van der Waals surface area contributed by atoms with E-state index >= 15 is 0 Å². The molecule has 1 N–H and O–H groups in total. The Balaban J connectivity index is 1.66. The van der Waals surface area contributed by atoms with Crippen molar-refractivity contribution in [2.24, 2.45) is 0 Å². The number of anilines is 1. The van der Waals surface area contributed by atoms with Crippen LogP contribution in [0.25, 0.3) is 5.95 Å². The van der Waals surface area contributed by atoms with Crippen LogP contribution >= 0.6 is 0 Å². The van der Waals surface area contributed by atoms with Gasteiger partial charge < -0.3 is 10.1 Å². The van der Waals surface area contributed by atoms with Crippen molar-refractivity contribution in [1.82, 2.24) is 19.7 Å². The van der Waals surface area contributed by atoms with Crippen LogP contribution in [0.1, 0.15) is 52.8 Å². The van der Waals surface area contributed by atoms with E-state index in [4.69, 9.17) is 4.74 Å². The largest absolute Gasteiger partial charge is 0.452 e. The van der Waals surface area contributed by atoms with E-state index in [0.717, 1.165) is 17.0 Å². The fraction of sp³-hybridized carbons (Fsp3) is 0.318. The van der Waals surface area contributed by atoms with Gasteiger partial charge >= 0.3 is 5.97 Å². The Bertz CT molecular complexity index is 1050. The summed E-state index contributed by atoms with van der Waals surface area (Å²) in [7, 11) is 0. The zero-order chi connectivity index (χ0) is 21.8. The SMILES string of the molecule is Cc1cc(C)nc(-n2nc(C)cc2NC(=O)COC(=O)c2ccc(C(C)C)cc2)n1. The van der Waals surface area contributed by atoms with Crippen LogP contribution in [0, 0.1) is 20.8 Å². The number of aromatic nitrogens is 4. The summed E-state index contributed by atoms with van der Waals surface area (Å²) >= 11 is 0. The molecule has 156 valence electrons. The van der Waals surface area contributed by atoms with Gasteiger partial charge in [0.1, 0.15) is 5.82 Å². The summed E-state index contributed by atoms with van der Waals surface area (Å²) in [5, 5.41) is 7.05.